The summed E-state index contributed by atoms with van der Waals surface area (Å²) in [7, 11) is 0. The second kappa shape index (κ2) is 5.81. The van der Waals surface area contributed by atoms with Crippen LogP contribution in [-0.4, -0.2) is 23.5 Å². The first-order chi connectivity index (χ1) is 9.22. The number of aromatic nitrogens is 1. The molecule has 98 valence electrons. The zero-order valence-electron chi connectivity index (χ0n) is 10.3. The van der Waals surface area contributed by atoms with E-state index in [-0.39, 0.29) is 12.3 Å². The third-order valence-corrected chi connectivity index (χ3v) is 2.34. The van der Waals surface area contributed by atoms with Gasteiger partial charge in [-0.15, -0.1) is 0 Å². The highest BCUT2D eigenvalue weighted by molar-refractivity contribution is 6.06. The Kier molecular flexibility index (Phi) is 3.92. The standard InChI is InChI=1S/C13H12N2O4/c1-2-19-13(17)9-5-3-4-6-10(9)15-12(16)11-7-18-8-14-11/h3-8H,2H2,1H3,(H,15,16). The van der Waals surface area contributed by atoms with E-state index in [4.69, 9.17) is 9.15 Å². The molecule has 1 amide bonds. The molecule has 1 aromatic heterocycles. The van der Waals surface area contributed by atoms with Crippen molar-refractivity contribution in [3.8, 4) is 0 Å². The number of nitrogens with one attached hydrogen (secondary N) is 1. The van der Waals surface area contributed by atoms with Gasteiger partial charge in [0.1, 0.15) is 6.26 Å². The Bertz CT molecular complexity index is 578. The van der Waals surface area contributed by atoms with Crippen LogP contribution in [-0.2, 0) is 4.74 Å². The summed E-state index contributed by atoms with van der Waals surface area (Å²) in [4.78, 5) is 27.3. The molecule has 6 nitrogen and oxygen atoms in total. The van der Waals surface area contributed by atoms with Crippen LogP contribution in [0.3, 0.4) is 0 Å². The molecule has 0 saturated carbocycles. The van der Waals surface area contributed by atoms with Crippen LogP contribution in [0.4, 0.5) is 5.69 Å². The summed E-state index contributed by atoms with van der Waals surface area (Å²) in [6, 6.07) is 6.60. The summed E-state index contributed by atoms with van der Waals surface area (Å²) in [6.07, 6.45) is 2.38. The predicted molar refractivity (Wildman–Crippen MR) is 66.9 cm³/mol. The van der Waals surface area contributed by atoms with Gasteiger partial charge in [-0.3, -0.25) is 4.79 Å². The van der Waals surface area contributed by atoms with Crippen LogP contribution >= 0.6 is 0 Å². The molecule has 19 heavy (non-hydrogen) atoms. The normalized spacial score (nSPS) is 9.95. The van der Waals surface area contributed by atoms with E-state index in [1.165, 1.54) is 6.26 Å². The van der Waals surface area contributed by atoms with Crippen LogP contribution in [0.25, 0.3) is 0 Å². The van der Waals surface area contributed by atoms with E-state index in [0.29, 0.717) is 11.3 Å². The van der Waals surface area contributed by atoms with E-state index in [2.05, 4.69) is 10.3 Å². The lowest BCUT2D eigenvalue weighted by atomic mass is 10.1. The van der Waals surface area contributed by atoms with Crippen LogP contribution in [0.2, 0.25) is 0 Å². The molecule has 1 aromatic carbocycles. The second-order valence-corrected chi connectivity index (χ2v) is 3.59. The molecule has 0 fully saturated rings. The average molecular weight is 260 g/mol. The van der Waals surface area contributed by atoms with E-state index in [1.807, 2.05) is 0 Å². The SMILES string of the molecule is CCOC(=O)c1ccccc1NC(=O)c1cocn1. The van der Waals surface area contributed by atoms with Crippen molar-refractivity contribution in [1.29, 1.82) is 0 Å². The Morgan fingerprint density at radius 2 is 2.16 bits per heavy atom. The fourth-order valence-electron chi connectivity index (χ4n) is 1.49. The van der Waals surface area contributed by atoms with Gasteiger partial charge in [0, 0.05) is 0 Å². The average Bonchev–Trinajstić information content (AvgIpc) is 2.93. The summed E-state index contributed by atoms with van der Waals surface area (Å²) in [6.45, 7) is 1.99. The minimum absolute atomic E-state index is 0.138. The Balaban J connectivity index is 2.21. The lowest BCUT2D eigenvalue weighted by molar-refractivity contribution is 0.0527. The van der Waals surface area contributed by atoms with Gasteiger partial charge in [-0.1, -0.05) is 12.1 Å². The van der Waals surface area contributed by atoms with Gasteiger partial charge in [0.2, 0.25) is 0 Å². The van der Waals surface area contributed by atoms with E-state index >= 15 is 0 Å². The van der Waals surface area contributed by atoms with Crippen LogP contribution in [0.1, 0.15) is 27.8 Å². The molecule has 0 unspecified atom stereocenters. The summed E-state index contributed by atoms with van der Waals surface area (Å²) >= 11 is 0. The molecule has 2 rings (SSSR count). The molecule has 6 heteroatoms. The number of nitrogens with zero attached hydrogens (tertiary/aromatic N) is 1. The minimum atomic E-state index is -0.487. The minimum Gasteiger partial charge on any atom is -0.462 e. The number of ether oxygens (including phenoxy) is 1. The molecule has 0 atom stereocenters. The van der Waals surface area contributed by atoms with Crippen molar-refractivity contribution < 1.29 is 18.7 Å². The van der Waals surface area contributed by atoms with Crippen LogP contribution < -0.4 is 5.32 Å². The number of carbonyl (C=O) groups is 2. The van der Waals surface area contributed by atoms with Crippen LogP contribution in [0.5, 0.6) is 0 Å². The van der Waals surface area contributed by atoms with Gasteiger partial charge in [-0.05, 0) is 19.1 Å². The number of rotatable bonds is 4. The maximum absolute atomic E-state index is 11.8. The first kappa shape index (κ1) is 12.8. The van der Waals surface area contributed by atoms with Gasteiger partial charge >= 0.3 is 5.97 Å². The zero-order valence-corrected chi connectivity index (χ0v) is 10.3. The van der Waals surface area contributed by atoms with Gasteiger partial charge in [-0.2, -0.15) is 0 Å². The summed E-state index contributed by atoms with van der Waals surface area (Å²) in [5, 5.41) is 2.59. The maximum atomic E-state index is 11.8. The summed E-state index contributed by atoms with van der Waals surface area (Å²) in [5.74, 6) is -0.941. The number of carbonyl (C=O) groups excluding carboxylic acids is 2. The van der Waals surface area contributed by atoms with Crippen molar-refractivity contribution in [2.24, 2.45) is 0 Å². The highest BCUT2D eigenvalue weighted by Crippen LogP contribution is 2.17. The molecule has 0 aliphatic heterocycles. The van der Waals surface area contributed by atoms with Crippen molar-refractivity contribution in [2.45, 2.75) is 6.92 Å². The van der Waals surface area contributed by atoms with E-state index in [9.17, 15) is 9.59 Å². The fraction of sp³-hybridized carbons (Fsp3) is 0.154. The highest BCUT2D eigenvalue weighted by atomic mass is 16.5. The van der Waals surface area contributed by atoms with Crippen molar-refractivity contribution in [3.05, 3.63) is 48.2 Å². The number of oxazole rings is 1. The van der Waals surface area contributed by atoms with Gasteiger partial charge in [0.25, 0.3) is 5.91 Å². The van der Waals surface area contributed by atoms with E-state index < -0.39 is 11.9 Å². The van der Waals surface area contributed by atoms with Crippen molar-refractivity contribution in [3.63, 3.8) is 0 Å². The second-order valence-electron chi connectivity index (χ2n) is 3.59. The number of esters is 1. The molecule has 0 bridgehead atoms. The van der Waals surface area contributed by atoms with Crippen LogP contribution in [0.15, 0.2) is 41.3 Å². The van der Waals surface area contributed by atoms with Gasteiger partial charge in [0.15, 0.2) is 12.1 Å². The molecule has 0 spiro atoms. The van der Waals surface area contributed by atoms with Gasteiger partial charge < -0.3 is 14.5 Å². The number of anilines is 1. The summed E-state index contributed by atoms with van der Waals surface area (Å²) in [5.41, 5.74) is 0.800. The monoisotopic (exact) mass is 260 g/mol. The number of para-hydroxylation sites is 1. The quantitative estimate of drug-likeness (QED) is 0.851. The largest absolute Gasteiger partial charge is 0.462 e. The molecule has 0 aliphatic rings. The molecule has 0 radical (unpaired) electrons. The molecule has 1 N–H and O–H groups in total. The van der Waals surface area contributed by atoms with Gasteiger partial charge in [0.05, 0.1) is 17.9 Å². The zero-order chi connectivity index (χ0) is 13.7. The van der Waals surface area contributed by atoms with E-state index in [1.54, 1.807) is 31.2 Å². The Labute approximate surface area is 109 Å². The lowest BCUT2D eigenvalue weighted by Gasteiger charge is -2.09. The molecule has 1 heterocycles. The van der Waals surface area contributed by atoms with Crippen molar-refractivity contribution >= 4 is 17.6 Å². The number of benzene rings is 1. The molecular weight excluding hydrogens is 248 g/mol. The molecule has 0 aliphatic carbocycles. The van der Waals surface area contributed by atoms with Crippen LogP contribution in [0, 0.1) is 0 Å². The number of hydrogen-bond acceptors (Lipinski definition) is 5. The first-order valence-electron chi connectivity index (χ1n) is 5.68. The highest BCUT2D eigenvalue weighted by Gasteiger charge is 2.15. The van der Waals surface area contributed by atoms with Crippen molar-refractivity contribution in [1.82, 2.24) is 4.98 Å². The first-order valence-corrected chi connectivity index (χ1v) is 5.68. The number of hydrogen-bond donors (Lipinski definition) is 1. The van der Waals surface area contributed by atoms with Gasteiger partial charge in [-0.25, -0.2) is 9.78 Å². The fourth-order valence-corrected chi connectivity index (χ4v) is 1.49. The predicted octanol–water partition coefficient (Wildman–Crippen LogP) is 2.10. The number of amides is 1. The molecule has 0 saturated heterocycles. The lowest BCUT2D eigenvalue weighted by Crippen LogP contribution is -2.16. The molecular formula is C13H12N2O4. The Morgan fingerprint density at radius 1 is 1.37 bits per heavy atom. The molecule has 2 aromatic rings. The van der Waals surface area contributed by atoms with E-state index in [0.717, 1.165) is 6.39 Å². The Hall–Kier alpha value is -2.63. The third-order valence-electron chi connectivity index (χ3n) is 2.34. The Morgan fingerprint density at radius 3 is 2.84 bits per heavy atom. The third kappa shape index (κ3) is 2.98. The summed E-state index contributed by atoms with van der Waals surface area (Å²) < 4.78 is 9.64. The topological polar surface area (TPSA) is 81.4 Å². The maximum Gasteiger partial charge on any atom is 0.340 e. The smallest absolute Gasteiger partial charge is 0.340 e. The van der Waals surface area contributed by atoms with Crippen molar-refractivity contribution in [2.75, 3.05) is 11.9 Å².